The first kappa shape index (κ1) is 20.9. The van der Waals surface area contributed by atoms with E-state index in [0.29, 0.717) is 43.3 Å². The molecule has 2 aromatic heterocycles. The Bertz CT molecular complexity index is 1080. The molecular formula is C26H30N4O2. The number of piperazine rings is 1. The summed E-state index contributed by atoms with van der Waals surface area (Å²) in [5.41, 5.74) is 3.75. The number of fused-ring (bicyclic) bond motifs is 1. The van der Waals surface area contributed by atoms with Crippen molar-refractivity contribution in [2.24, 2.45) is 0 Å². The van der Waals surface area contributed by atoms with Gasteiger partial charge in [-0.2, -0.15) is 0 Å². The fourth-order valence-electron chi connectivity index (χ4n) is 5.27. The van der Waals surface area contributed by atoms with E-state index in [1.54, 1.807) is 6.20 Å². The molecule has 0 bridgehead atoms. The number of amides is 1. The maximum Gasteiger partial charge on any atom is 0.257 e. The zero-order chi connectivity index (χ0) is 21.9. The first-order valence-electron chi connectivity index (χ1n) is 11.7. The summed E-state index contributed by atoms with van der Waals surface area (Å²) in [6.45, 7) is 2.56. The second-order valence-electron chi connectivity index (χ2n) is 8.99. The van der Waals surface area contributed by atoms with Gasteiger partial charge in [0.25, 0.3) is 5.91 Å². The molecule has 1 atom stereocenters. The van der Waals surface area contributed by atoms with Crippen LogP contribution >= 0.6 is 0 Å². The van der Waals surface area contributed by atoms with E-state index >= 15 is 0 Å². The number of rotatable bonds is 5. The van der Waals surface area contributed by atoms with Crippen molar-refractivity contribution in [2.75, 3.05) is 26.2 Å². The molecule has 1 amide bonds. The van der Waals surface area contributed by atoms with E-state index < -0.39 is 0 Å². The Morgan fingerprint density at radius 1 is 0.969 bits per heavy atom. The quantitative estimate of drug-likeness (QED) is 0.573. The zero-order valence-electron chi connectivity index (χ0n) is 18.4. The number of hydrogen-bond donors (Lipinski definition) is 0. The molecule has 3 heterocycles. The van der Waals surface area contributed by atoms with Crippen LogP contribution in [0.5, 0.6) is 0 Å². The summed E-state index contributed by atoms with van der Waals surface area (Å²) < 4.78 is 1.86. The first-order chi connectivity index (χ1) is 15.7. The third-order valence-electron chi connectivity index (χ3n) is 7.13. The minimum Gasteiger partial charge on any atom is -0.336 e. The minimum absolute atomic E-state index is 0.000868. The van der Waals surface area contributed by atoms with E-state index in [0.717, 1.165) is 11.8 Å². The minimum atomic E-state index is -0.261. The van der Waals surface area contributed by atoms with Gasteiger partial charge in [-0.15, -0.1) is 0 Å². The van der Waals surface area contributed by atoms with Gasteiger partial charge in [0.15, 0.2) is 0 Å². The molecule has 2 aliphatic rings. The van der Waals surface area contributed by atoms with Crippen molar-refractivity contribution < 1.29 is 9.59 Å². The van der Waals surface area contributed by atoms with Crippen molar-refractivity contribution in [2.45, 2.75) is 44.1 Å². The lowest BCUT2D eigenvalue weighted by atomic mass is 9.83. The van der Waals surface area contributed by atoms with Crippen molar-refractivity contribution in [1.82, 2.24) is 19.2 Å². The van der Waals surface area contributed by atoms with Gasteiger partial charge in [-0.05, 0) is 42.0 Å². The van der Waals surface area contributed by atoms with Gasteiger partial charge in [-0.1, -0.05) is 43.5 Å². The lowest BCUT2D eigenvalue weighted by Gasteiger charge is -2.37. The SMILES string of the molecule is O=CC(c1ccc(C2CCCCC2)cc1)N1CCN(C(=O)c2cccn3ccnc23)CC1. The van der Waals surface area contributed by atoms with E-state index in [4.69, 9.17) is 0 Å². The molecular weight excluding hydrogens is 400 g/mol. The highest BCUT2D eigenvalue weighted by molar-refractivity contribution is 5.99. The fraction of sp³-hybridized carbons (Fsp3) is 0.423. The topological polar surface area (TPSA) is 57.9 Å². The van der Waals surface area contributed by atoms with Crippen molar-refractivity contribution >= 4 is 17.8 Å². The second kappa shape index (κ2) is 9.25. The number of imidazole rings is 1. The summed E-state index contributed by atoms with van der Waals surface area (Å²) >= 11 is 0. The predicted octanol–water partition coefficient (Wildman–Crippen LogP) is 4.08. The Kier molecular flexibility index (Phi) is 6.04. The maximum absolute atomic E-state index is 13.1. The molecule has 1 aliphatic carbocycles. The normalized spacial score (nSPS) is 19.2. The molecule has 6 heteroatoms. The molecule has 0 radical (unpaired) electrons. The van der Waals surface area contributed by atoms with Gasteiger partial charge >= 0.3 is 0 Å². The van der Waals surface area contributed by atoms with E-state index in [1.807, 2.05) is 33.8 Å². The third kappa shape index (κ3) is 4.07. The fourth-order valence-corrected chi connectivity index (χ4v) is 5.27. The Labute approximate surface area is 188 Å². The van der Waals surface area contributed by atoms with Crippen LogP contribution in [0.4, 0.5) is 0 Å². The van der Waals surface area contributed by atoms with Crippen molar-refractivity contribution in [1.29, 1.82) is 0 Å². The predicted molar refractivity (Wildman–Crippen MR) is 124 cm³/mol. The van der Waals surface area contributed by atoms with E-state index in [-0.39, 0.29) is 11.9 Å². The number of carbonyl (C=O) groups excluding carboxylic acids is 2. The molecule has 2 fully saturated rings. The highest BCUT2D eigenvalue weighted by Gasteiger charge is 2.28. The molecule has 1 saturated heterocycles. The lowest BCUT2D eigenvalue weighted by Crippen LogP contribution is -2.50. The number of carbonyl (C=O) groups is 2. The molecule has 3 aromatic rings. The molecule has 1 aromatic carbocycles. The Morgan fingerprint density at radius 2 is 1.72 bits per heavy atom. The van der Waals surface area contributed by atoms with Crippen LogP contribution in [0.15, 0.2) is 55.0 Å². The van der Waals surface area contributed by atoms with Gasteiger partial charge in [-0.3, -0.25) is 9.69 Å². The number of aldehydes is 1. The standard InChI is InChI=1S/C26H30N4O2/c31-19-24(22-10-8-21(9-11-22)20-5-2-1-3-6-20)28-15-17-30(18-16-28)26(32)23-7-4-13-29-14-12-27-25(23)29/h4,7-14,19-20,24H,1-3,5-6,15-18H2. The third-order valence-corrected chi connectivity index (χ3v) is 7.13. The highest BCUT2D eigenvalue weighted by Crippen LogP contribution is 2.33. The Balaban J connectivity index is 1.24. The van der Waals surface area contributed by atoms with Gasteiger partial charge in [0.1, 0.15) is 11.9 Å². The summed E-state index contributed by atoms with van der Waals surface area (Å²) in [4.78, 5) is 33.5. The van der Waals surface area contributed by atoms with E-state index in [9.17, 15) is 9.59 Å². The molecule has 6 nitrogen and oxygen atoms in total. The number of hydrogen-bond acceptors (Lipinski definition) is 4. The van der Waals surface area contributed by atoms with Crippen molar-refractivity contribution in [3.8, 4) is 0 Å². The second-order valence-corrected chi connectivity index (χ2v) is 8.99. The molecule has 1 aliphatic heterocycles. The Morgan fingerprint density at radius 3 is 2.44 bits per heavy atom. The van der Waals surface area contributed by atoms with Crippen LogP contribution in [0.2, 0.25) is 0 Å². The number of pyridine rings is 1. The molecule has 1 unspecified atom stereocenters. The van der Waals surface area contributed by atoms with Crippen molar-refractivity contribution in [3.63, 3.8) is 0 Å². The monoisotopic (exact) mass is 430 g/mol. The molecule has 32 heavy (non-hydrogen) atoms. The lowest BCUT2D eigenvalue weighted by molar-refractivity contribution is -0.113. The van der Waals surface area contributed by atoms with Crippen LogP contribution in [-0.4, -0.2) is 57.6 Å². The largest absolute Gasteiger partial charge is 0.336 e. The van der Waals surface area contributed by atoms with Gasteiger partial charge in [0.2, 0.25) is 0 Å². The molecule has 166 valence electrons. The summed E-state index contributed by atoms with van der Waals surface area (Å²) in [5.74, 6) is 0.669. The summed E-state index contributed by atoms with van der Waals surface area (Å²) in [6, 6.07) is 12.1. The Hall–Kier alpha value is -2.99. The summed E-state index contributed by atoms with van der Waals surface area (Å²) in [7, 11) is 0. The average Bonchev–Trinajstić information content (AvgIpc) is 3.35. The van der Waals surface area contributed by atoms with Crippen LogP contribution in [0.1, 0.15) is 65.5 Å². The van der Waals surface area contributed by atoms with Crippen LogP contribution in [-0.2, 0) is 4.79 Å². The van der Waals surface area contributed by atoms with Gasteiger partial charge in [-0.25, -0.2) is 4.98 Å². The van der Waals surface area contributed by atoms with Crippen molar-refractivity contribution in [3.05, 3.63) is 71.7 Å². The highest BCUT2D eigenvalue weighted by atomic mass is 16.2. The summed E-state index contributed by atoms with van der Waals surface area (Å²) in [6.07, 6.45) is 13.0. The molecule has 5 rings (SSSR count). The molecule has 0 spiro atoms. The van der Waals surface area contributed by atoms with E-state index in [1.165, 1.54) is 37.7 Å². The number of aromatic nitrogens is 2. The molecule has 1 saturated carbocycles. The van der Waals surface area contributed by atoms with E-state index in [2.05, 4.69) is 34.1 Å². The van der Waals surface area contributed by atoms with Gasteiger partial charge in [0, 0.05) is 44.8 Å². The zero-order valence-corrected chi connectivity index (χ0v) is 18.4. The summed E-state index contributed by atoms with van der Waals surface area (Å²) in [5, 5.41) is 0. The van der Waals surface area contributed by atoms with Crippen LogP contribution in [0, 0.1) is 0 Å². The maximum atomic E-state index is 13.1. The number of nitrogens with zero attached hydrogens (tertiary/aromatic N) is 4. The van der Waals surface area contributed by atoms with Gasteiger partial charge < -0.3 is 14.1 Å². The smallest absolute Gasteiger partial charge is 0.257 e. The van der Waals surface area contributed by atoms with Crippen LogP contribution in [0.25, 0.3) is 5.65 Å². The van der Waals surface area contributed by atoms with Gasteiger partial charge in [0.05, 0.1) is 11.6 Å². The average molecular weight is 431 g/mol. The number of benzene rings is 1. The first-order valence-corrected chi connectivity index (χ1v) is 11.7. The van der Waals surface area contributed by atoms with Crippen LogP contribution < -0.4 is 0 Å². The molecule has 0 N–H and O–H groups in total. The van der Waals surface area contributed by atoms with Crippen LogP contribution in [0.3, 0.4) is 0 Å².